The lowest BCUT2D eigenvalue weighted by Gasteiger charge is -2.12. The molecule has 0 unspecified atom stereocenters. The maximum atomic E-state index is 12.4. The summed E-state index contributed by atoms with van der Waals surface area (Å²) in [7, 11) is 3.08. The number of nitrogen functional groups attached to an aromatic ring is 1. The minimum Gasteiger partial charge on any atom is -0.497 e. The summed E-state index contributed by atoms with van der Waals surface area (Å²) in [6.07, 6.45) is 0. The largest absolute Gasteiger partial charge is 0.497 e. The molecule has 2 rings (SSSR count). The van der Waals surface area contributed by atoms with Gasteiger partial charge in [-0.25, -0.2) is 0 Å². The van der Waals surface area contributed by atoms with Gasteiger partial charge in [-0.05, 0) is 52.3 Å². The molecule has 5 nitrogen and oxygen atoms in total. The monoisotopic (exact) mass is 350 g/mol. The lowest BCUT2D eigenvalue weighted by molar-refractivity contribution is 0.102. The molecule has 0 aliphatic carbocycles. The van der Waals surface area contributed by atoms with Crippen LogP contribution in [0.25, 0.3) is 0 Å². The molecule has 3 N–H and O–H groups in total. The van der Waals surface area contributed by atoms with Crippen molar-refractivity contribution in [2.45, 2.75) is 0 Å². The van der Waals surface area contributed by atoms with E-state index in [1.54, 1.807) is 43.5 Å². The number of benzene rings is 2. The molecule has 110 valence electrons. The van der Waals surface area contributed by atoms with Crippen molar-refractivity contribution in [2.24, 2.45) is 0 Å². The predicted molar refractivity (Wildman–Crippen MR) is 86.1 cm³/mol. The summed E-state index contributed by atoms with van der Waals surface area (Å²) >= 11 is 3.35. The SMILES string of the molecule is COc1ccc(Br)c(C(=O)Nc2cc(N)ccc2OC)c1. The van der Waals surface area contributed by atoms with Gasteiger partial charge in [0.25, 0.3) is 5.91 Å². The van der Waals surface area contributed by atoms with Gasteiger partial charge in [0.2, 0.25) is 0 Å². The Labute approximate surface area is 131 Å². The molecule has 0 saturated heterocycles. The first-order valence-electron chi connectivity index (χ1n) is 6.13. The van der Waals surface area contributed by atoms with E-state index in [1.807, 2.05) is 0 Å². The van der Waals surface area contributed by atoms with Crippen LogP contribution in [-0.2, 0) is 0 Å². The van der Waals surface area contributed by atoms with Gasteiger partial charge in [0.1, 0.15) is 11.5 Å². The fraction of sp³-hybridized carbons (Fsp3) is 0.133. The van der Waals surface area contributed by atoms with Gasteiger partial charge in [0, 0.05) is 10.2 Å². The van der Waals surface area contributed by atoms with Crippen LogP contribution >= 0.6 is 15.9 Å². The first-order chi connectivity index (χ1) is 10.0. The molecule has 0 radical (unpaired) electrons. The first kappa shape index (κ1) is 15.2. The number of ether oxygens (including phenoxy) is 2. The zero-order valence-electron chi connectivity index (χ0n) is 11.6. The second-order valence-corrected chi connectivity index (χ2v) is 5.11. The van der Waals surface area contributed by atoms with E-state index in [0.717, 1.165) is 0 Å². The highest BCUT2D eigenvalue weighted by Gasteiger charge is 2.14. The molecule has 2 aromatic carbocycles. The second-order valence-electron chi connectivity index (χ2n) is 4.26. The summed E-state index contributed by atoms with van der Waals surface area (Å²) in [5.41, 5.74) is 7.24. The van der Waals surface area contributed by atoms with E-state index < -0.39 is 0 Å². The van der Waals surface area contributed by atoms with E-state index in [0.29, 0.717) is 32.9 Å². The number of amides is 1. The highest BCUT2D eigenvalue weighted by molar-refractivity contribution is 9.10. The standard InChI is InChI=1S/C15H15BrN2O3/c1-20-10-4-5-12(16)11(8-10)15(19)18-13-7-9(17)3-6-14(13)21-2/h3-8H,17H2,1-2H3,(H,18,19). The first-order valence-corrected chi connectivity index (χ1v) is 6.93. The van der Waals surface area contributed by atoms with Crippen molar-refractivity contribution in [3.05, 3.63) is 46.4 Å². The minimum absolute atomic E-state index is 0.287. The Morgan fingerprint density at radius 3 is 2.57 bits per heavy atom. The van der Waals surface area contributed by atoms with Gasteiger partial charge in [-0.2, -0.15) is 0 Å². The van der Waals surface area contributed by atoms with Crippen LogP contribution in [0.2, 0.25) is 0 Å². The molecule has 0 aliphatic heterocycles. The van der Waals surface area contributed by atoms with Crippen molar-refractivity contribution in [1.82, 2.24) is 0 Å². The van der Waals surface area contributed by atoms with Crippen LogP contribution in [0.5, 0.6) is 11.5 Å². The van der Waals surface area contributed by atoms with E-state index in [2.05, 4.69) is 21.2 Å². The molecule has 1 amide bonds. The number of rotatable bonds is 4. The zero-order chi connectivity index (χ0) is 15.4. The summed E-state index contributed by atoms with van der Waals surface area (Å²) in [5.74, 6) is 0.851. The fourth-order valence-electron chi connectivity index (χ4n) is 1.82. The Hall–Kier alpha value is -2.21. The molecule has 0 bridgehead atoms. The Bertz CT molecular complexity index is 674. The zero-order valence-corrected chi connectivity index (χ0v) is 13.2. The molecule has 0 fully saturated rings. The van der Waals surface area contributed by atoms with Crippen LogP contribution in [0.15, 0.2) is 40.9 Å². The molecule has 0 saturated carbocycles. The average molecular weight is 351 g/mol. The maximum absolute atomic E-state index is 12.4. The lowest BCUT2D eigenvalue weighted by atomic mass is 10.2. The van der Waals surface area contributed by atoms with E-state index in [-0.39, 0.29) is 5.91 Å². The van der Waals surface area contributed by atoms with Gasteiger partial charge in [0.05, 0.1) is 25.5 Å². The molecule has 2 aromatic rings. The van der Waals surface area contributed by atoms with Crippen molar-refractivity contribution >= 4 is 33.2 Å². The third-order valence-corrected chi connectivity index (χ3v) is 3.58. The Morgan fingerprint density at radius 1 is 1.14 bits per heavy atom. The molecule has 21 heavy (non-hydrogen) atoms. The summed E-state index contributed by atoms with van der Waals surface area (Å²) < 4.78 is 11.0. The molecule has 0 aliphatic rings. The Kier molecular flexibility index (Phi) is 4.70. The van der Waals surface area contributed by atoms with Crippen LogP contribution in [0.1, 0.15) is 10.4 Å². The molecule has 0 atom stereocenters. The Balaban J connectivity index is 2.32. The summed E-state index contributed by atoms with van der Waals surface area (Å²) in [5, 5.41) is 2.78. The number of hydrogen-bond donors (Lipinski definition) is 2. The van der Waals surface area contributed by atoms with Crippen molar-refractivity contribution in [1.29, 1.82) is 0 Å². The fourth-order valence-corrected chi connectivity index (χ4v) is 2.24. The third kappa shape index (κ3) is 3.46. The van der Waals surface area contributed by atoms with E-state index in [1.165, 1.54) is 7.11 Å². The van der Waals surface area contributed by atoms with Gasteiger partial charge >= 0.3 is 0 Å². The predicted octanol–water partition coefficient (Wildman–Crippen LogP) is 3.30. The minimum atomic E-state index is -0.287. The van der Waals surface area contributed by atoms with Crippen molar-refractivity contribution in [2.75, 3.05) is 25.3 Å². The summed E-state index contributed by atoms with van der Waals surface area (Å²) in [4.78, 5) is 12.4. The van der Waals surface area contributed by atoms with Crippen molar-refractivity contribution in [3.8, 4) is 11.5 Å². The molecule has 0 heterocycles. The molecule has 0 spiro atoms. The lowest BCUT2D eigenvalue weighted by Crippen LogP contribution is -2.13. The van der Waals surface area contributed by atoms with Gasteiger partial charge < -0.3 is 20.5 Å². The van der Waals surface area contributed by atoms with Gasteiger partial charge in [-0.1, -0.05) is 0 Å². The maximum Gasteiger partial charge on any atom is 0.257 e. The molecule has 6 heteroatoms. The van der Waals surface area contributed by atoms with Crippen LogP contribution in [0, 0.1) is 0 Å². The van der Waals surface area contributed by atoms with Crippen molar-refractivity contribution < 1.29 is 14.3 Å². The smallest absolute Gasteiger partial charge is 0.257 e. The number of nitrogens with two attached hydrogens (primary N) is 1. The number of anilines is 2. The van der Waals surface area contributed by atoms with Gasteiger partial charge in [-0.3, -0.25) is 4.79 Å². The number of carbonyl (C=O) groups excluding carboxylic acids is 1. The number of methoxy groups -OCH3 is 2. The van der Waals surface area contributed by atoms with Crippen LogP contribution in [-0.4, -0.2) is 20.1 Å². The number of halogens is 1. The van der Waals surface area contributed by atoms with E-state index in [4.69, 9.17) is 15.2 Å². The number of nitrogens with one attached hydrogen (secondary N) is 1. The average Bonchev–Trinajstić information content (AvgIpc) is 2.48. The topological polar surface area (TPSA) is 73.6 Å². The second kappa shape index (κ2) is 6.49. The van der Waals surface area contributed by atoms with Crippen LogP contribution < -0.4 is 20.5 Å². The number of carbonyl (C=O) groups is 1. The third-order valence-electron chi connectivity index (χ3n) is 2.89. The molecule has 0 aromatic heterocycles. The highest BCUT2D eigenvalue weighted by Crippen LogP contribution is 2.29. The Morgan fingerprint density at radius 2 is 1.90 bits per heavy atom. The normalized spacial score (nSPS) is 10.0. The van der Waals surface area contributed by atoms with E-state index >= 15 is 0 Å². The van der Waals surface area contributed by atoms with Gasteiger partial charge in [-0.15, -0.1) is 0 Å². The van der Waals surface area contributed by atoms with Crippen molar-refractivity contribution in [3.63, 3.8) is 0 Å². The number of hydrogen-bond acceptors (Lipinski definition) is 4. The molecular weight excluding hydrogens is 336 g/mol. The van der Waals surface area contributed by atoms with Crippen LogP contribution in [0.4, 0.5) is 11.4 Å². The quantitative estimate of drug-likeness (QED) is 0.829. The van der Waals surface area contributed by atoms with Gasteiger partial charge in [0.15, 0.2) is 0 Å². The summed E-state index contributed by atoms with van der Waals surface area (Å²) in [6, 6.07) is 10.2. The molecular formula is C15H15BrN2O3. The van der Waals surface area contributed by atoms with Crippen LogP contribution in [0.3, 0.4) is 0 Å². The highest BCUT2D eigenvalue weighted by atomic mass is 79.9. The van der Waals surface area contributed by atoms with E-state index in [9.17, 15) is 4.79 Å². The summed E-state index contributed by atoms with van der Waals surface area (Å²) in [6.45, 7) is 0.